The monoisotopic (exact) mass is 1030 g/mol. The van der Waals surface area contributed by atoms with Crippen molar-refractivity contribution < 1.29 is 24.0 Å². The minimum atomic E-state index is -0.207. The van der Waals surface area contributed by atoms with Crippen molar-refractivity contribution in [3.05, 3.63) is 280 Å². The first kappa shape index (κ1) is 48.3. The largest absolute Gasteiger partial charge is 0.302 e. The van der Waals surface area contributed by atoms with E-state index in [1.54, 1.807) is 65.9 Å². The van der Waals surface area contributed by atoms with Gasteiger partial charge < -0.3 is 9.80 Å². The molecule has 2 aliphatic rings. The first-order valence-corrected chi connectivity index (χ1v) is 26.7. The number of aldehydes is 1. The predicted octanol–water partition coefficient (Wildman–Crippen LogP) is 17.8. The summed E-state index contributed by atoms with van der Waals surface area (Å²) in [7, 11) is 0. The fraction of sp³-hybridized carbons (Fsp3) is 0.0147. The van der Waals surface area contributed by atoms with Crippen molar-refractivity contribution in [1.29, 1.82) is 0 Å². The number of benzene rings is 10. The second kappa shape index (κ2) is 20.9. The SMILES string of the molecule is O=C1C(=Cc2ccc(N(c3ccc4ccccc4c3)c3ccc4ccccc4c3)s2)C(=O)c2ccccc21.O=C1CC(=O)c2ccccc21.O=Cc1ccc(N(c2ccc3ccccc3c2)c2ccc3ccccc3c2)s1. The van der Waals surface area contributed by atoms with Crippen molar-refractivity contribution in [2.24, 2.45) is 0 Å². The molecular formula is C68H44N2O5S2. The number of ketones is 4. The Bertz CT molecular complexity index is 4130. The van der Waals surface area contributed by atoms with Crippen LogP contribution in [0.1, 0.15) is 62.4 Å². The van der Waals surface area contributed by atoms with Crippen molar-refractivity contribution >= 4 is 134 Å². The van der Waals surface area contributed by atoms with E-state index >= 15 is 0 Å². The molecule has 0 aliphatic heterocycles. The van der Waals surface area contributed by atoms with E-state index in [9.17, 15) is 24.0 Å². The molecule has 10 aromatic carbocycles. The van der Waals surface area contributed by atoms with E-state index < -0.39 is 0 Å². The summed E-state index contributed by atoms with van der Waals surface area (Å²) in [5.74, 6) is -0.515. The fourth-order valence-corrected chi connectivity index (χ4v) is 11.8. The molecule has 0 saturated carbocycles. The molecule has 9 heteroatoms. The summed E-state index contributed by atoms with van der Waals surface area (Å²) >= 11 is 3.06. The van der Waals surface area contributed by atoms with Gasteiger partial charge in [-0.25, -0.2) is 0 Å². The Hall–Kier alpha value is -9.67. The highest BCUT2D eigenvalue weighted by Gasteiger charge is 2.33. The number of hydrogen-bond acceptors (Lipinski definition) is 9. The Kier molecular flexibility index (Phi) is 13.1. The number of fused-ring (bicyclic) bond motifs is 6. The van der Waals surface area contributed by atoms with Gasteiger partial charge in [0.15, 0.2) is 29.4 Å². The molecule has 0 radical (unpaired) electrons. The minimum absolute atomic E-state index is 0.0504. The number of anilines is 6. The standard InChI is InChI=1S/C34H21NO2S.C25H17NOS.C9H6O2/c36-33-29-11-5-6-12-30(29)34(37)31(33)21-28-17-18-32(38-28)35(26-15-13-22-7-1-3-9-24(22)19-26)27-16-14-23-8-2-4-10-25(23)20-27;27-17-24-13-14-25(28-24)26(22-11-9-18-5-1-3-7-20(18)15-22)23-12-10-19-6-2-4-8-21(19)16-23;10-8-5-9(11)7-4-2-1-3-6(7)8/h1-21H;1-17H;1-4H,5H2. The molecule has 0 bridgehead atoms. The highest BCUT2D eigenvalue weighted by molar-refractivity contribution is 7.18. The van der Waals surface area contributed by atoms with Crippen LogP contribution in [-0.4, -0.2) is 29.4 Å². The summed E-state index contributed by atoms with van der Waals surface area (Å²) in [6, 6.07) is 81.2. The molecule has 7 nitrogen and oxygen atoms in total. The van der Waals surface area contributed by atoms with Crippen LogP contribution in [0.3, 0.4) is 0 Å². The number of thiophene rings is 2. The lowest BCUT2D eigenvalue weighted by Crippen LogP contribution is -2.08. The van der Waals surface area contributed by atoms with Crippen LogP contribution in [0.2, 0.25) is 0 Å². The van der Waals surface area contributed by atoms with Gasteiger partial charge in [0, 0.05) is 49.9 Å². The van der Waals surface area contributed by atoms with E-state index in [1.165, 1.54) is 43.7 Å². The highest BCUT2D eigenvalue weighted by atomic mass is 32.1. The summed E-state index contributed by atoms with van der Waals surface area (Å²) in [4.78, 5) is 65.3. The van der Waals surface area contributed by atoms with E-state index in [-0.39, 0.29) is 35.1 Å². The van der Waals surface area contributed by atoms with Gasteiger partial charge in [0.05, 0.1) is 16.9 Å². The third-order valence-corrected chi connectivity index (χ3v) is 15.8. The van der Waals surface area contributed by atoms with E-state index in [1.807, 2.05) is 30.3 Å². The molecule has 0 fully saturated rings. The molecule has 368 valence electrons. The van der Waals surface area contributed by atoms with Gasteiger partial charge in [-0.2, -0.15) is 0 Å². The molecule has 0 saturated heterocycles. The minimum Gasteiger partial charge on any atom is -0.302 e. The van der Waals surface area contributed by atoms with Crippen molar-refractivity contribution in [2.45, 2.75) is 6.42 Å². The maximum atomic E-state index is 12.9. The predicted molar refractivity (Wildman–Crippen MR) is 316 cm³/mol. The van der Waals surface area contributed by atoms with Crippen LogP contribution in [-0.2, 0) is 0 Å². The molecule has 0 unspecified atom stereocenters. The van der Waals surface area contributed by atoms with Crippen LogP contribution >= 0.6 is 22.7 Å². The van der Waals surface area contributed by atoms with Gasteiger partial charge in [-0.05, 0) is 122 Å². The fourth-order valence-electron chi connectivity index (χ4n) is 9.99. The normalized spacial score (nSPS) is 12.5. The number of nitrogens with zero attached hydrogens (tertiary/aromatic N) is 2. The van der Waals surface area contributed by atoms with Gasteiger partial charge in [-0.1, -0.05) is 170 Å². The van der Waals surface area contributed by atoms with E-state index in [4.69, 9.17) is 0 Å². The lowest BCUT2D eigenvalue weighted by atomic mass is 10.1. The van der Waals surface area contributed by atoms with Gasteiger partial charge in [0.25, 0.3) is 0 Å². The molecule has 2 heterocycles. The van der Waals surface area contributed by atoms with Gasteiger partial charge in [-0.3, -0.25) is 24.0 Å². The number of carbonyl (C=O) groups is 5. The molecule has 2 aliphatic carbocycles. The molecule has 2 aromatic heterocycles. The number of allylic oxidation sites excluding steroid dienone is 1. The van der Waals surface area contributed by atoms with E-state index in [0.717, 1.165) is 59.6 Å². The lowest BCUT2D eigenvalue weighted by Gasteiger charge is -2.24. The molecule has 14 rings (SSSR count). The number of rotatable bonds is 8. The Balaban J connectivity index is 0.000000133. The molecule has 0 atom stereocenters. The lowest BCUT2D eigenvalue weighted by molar-refractivity contribution is 0.0919. The summed E-state index contributed by atoms with van der Waals surface area (Å²) in [6.45, 7) is 0. The van der Waals surface area contributed by atoms with Crippen molar-refractivity contribution in [3.8, 4) is 0 Å². The first-order valence-electron chi connectivity index (χ1n) is 25.0. The third-order valence-electron chi connectivity index (χ3n) is 13.8. The van der Waals surface area contributed by atoms with Crippen molar-refractivity contribution in [3.63, 3.8) is 0 Å². The third kappa shape index (κ3) is 9.69. The molecule has 0 N–H and O–H groups in total. The van der Waals surface area contributed by atoms with Gasteiger partial charge in [0.1, 0.15) is 10.0 Å². The van der Waals surface area contributed by atoms with Crippen LogP contribution in [0.15, 0.2) is 248 Å². The average molecular weight is 1030 g/mol. The summed E-state index contributed by atoms with van der Waals surface area (Å²) in [6.07, 6.45) is 2.70. The second-order valence-corrected chi connectivity index (χ2v) is 20.8. The zero-order chi connectivity index (χ0) is 52.4. The van der Waals surface area contributed by atoms with Gasteiger partial charge in [0.2, 0.25) is 0 Å². The van der Waals surface area contributed by atoms with Gasteiger partial charge in [-0.15, -0.1) is 22.7 Å². The van der Waals surface area contributed by atoms with Crippen molar-refractivity contribution in [2.75, 3.05) is 9.80 Å². The molecule has 12 aromatic rings. The second-order valence-electron chi connectivity index (χ2n) is 18.6. The maximum absolute atomic E-state index is 12.9. The van der Waals surface area contributed by atoms with Crippen LogP contribution in [0, 0.1) is 0 Å². The van der Waals surface area contributed by atoms with Crippen LogP contribution in [0.4, 0.5) is 32.8 Å². The van der Waals surface area contributed by atoms with Crippen LogP contribution < -0.4 is 9.80 Å². The summed E-state index contributed by atoms with van der Waals surface area (Å²) < 4.78 is 0. The molecule has 0 spiro atoms. The smallest absolute Gasteiger partial charge is 0.197 e. The van der Waals surface area contributed by atoms with E-state index in [2.05, 4.69) is 174 Å². The van der Waals surface area contributed by atoms with Crippen LogP contribution in [0.25, 0.3) is 49.2 Å². The summed E-state index contributed by atoms with van der Waals surface area (Å²) in [5.41, 5.74) is 6.59. The number of carbonyl (C=O) groups excluding carboxylic acids is 5. The maximum Gasteiger partial charge on any atom is 0.197 e. The quantitative estimate of drug-likeness (QED) is 0.0648. The zero-order valence-electron chi connectivity index (χ0n) is 41.2. The van der Waals surface area contributed by atoms with Crippen LogP contribution in [0.5, 0.6) is 0 Å². The first-order chi connectivity index (χ1) is 37.8. The average Bonchev–Trinajstić information content (AvgIpc) is 4.31. The highest BCUT2D eigenvalue weighted by Crippen LogP contribution is 2.43. The summed E-state index contributed by atoms with van der Waals surface area (Å²) in [5, 5.41) is 11.5. The van der Waals surface area contributed by atoms with E-state index in [0.29, 0.717) is 22.3 Å². The number of hydrogen-bond donors (Lipinski definition) is 0. The molecular weight excluding hydrogens is 989 g/mol. The number of Topliss-reactive ketones (excluding diaryl/α,β-unsaturated/α-hetero) is 4. The topological polar surface area (TPSA) is 91.8 Å². The Morgan fingerprint density at radius 3 is 0.987 bits per heavy atom. The Labute approximate surface area is 451 Å². The molecule has 77 heavy (non-hydrogen) atoms. The molecule has 0 amide bonds. The Morgan fingerprint density at radius 1 is 0.325 bits per heavy atom. The van der Waals surface area contributed by atoms with Gasteiger partial charge >= 0.3 is 0 Å². The van der Waals surface area contributed by atoms with Crippen molar-refractivity contribution in [1.82, 2.24) is 0 Å². The Morgan fingerprint density at radius 2 is 0.636 bits per heavy atom. The zero-order valence-corrected chi connectivity index (χ0v) is 42.8.